The van der Waals surface area contributed by atoms with Crippen molar-refractivity contribution in [1.82, 2.24) is 4.90 Å². The minimum absolute atomic E-state index is 0.213. The quantitative estimate of drug-likeness (QED) is 0.762. The van der Waals surface area contributed by atoms with E-state index in [-0.39, 0.29) is 19.0 Å². The molecule has 0 spiro atoms. The summed E-state index contributed by atoms with van der Waals surface area (Å²) in [4.78, 5) is 34.6. The number of carbonyl (C=O) groups is 3. The normalized spacial score (nSPS) is 9.70. The van der Waals surface area contributed by atoms with E-state index in [4.69, 9.17) is 5.11 Å². The van der Waals surface area contributed by atoms with Crippen LogP contribution in [0.3, 0.4) is 0 Å². The Hall–Kier alpha value is -2.57. The van der Waals surface area contributed by atoms with Crippen LogP contribution in [0.1, 0.15) is 13.8 Å². The predicted molar refractivity (Wildman–Crippen MR) is 74.6 cm³/mol. The van der Waals surface area contributed by atoms with Crippen LogP contribution >= 0.6 is 0 Å². The van der Waals surface area contributed by atoms with E-state index in [0.29, 0.717) is 11.4 Å². The van der Waals surface area contributed by atoms with Crippen LogP contribution in [0.15, 0.2) is 24.3 Å². The molecule has 1 aromatic carbocycles. The van der Waals surface area contributed by atoms with Gasteiger partial charge in [0.1, 0.15) is 6.54 Å². The number of carboxylic acid groups (broad SMARTS) is 1. The first-order valence-corrected chi connectivity index (χ1v) is 6.07. The Morgan fingerprint density at radius 3 is 2.30 bits per heavy atom. The maximum Gasteiger partial charge on any atom is 0.323 e. The lowest BCUT2D eigenvalue weighted by atomic mass is 10.2. The smallest absolute Gasteiger partial charge is 0.323 e. The number of carboxylic acids is 1. The average molecular weight is 279 g/mol. The summed E-state index contributed by atoms with van der Waals surface area (Å²) in [5.74, 6) is -1.29. The van der Waals surface area contributed by atoms with Crippen LogP contribution in [0, 0.1) is 0 Å². The molecule has 0 aliphatic heterocycles. The second-order valence-corrected chi connectivity index (χ2v) is 4.10. The van der Waals surface area contributed by atoms with E-state index in [9.17, 15) is 14.4 Å². The van der Waals surface area contributed by atoms with Crippen molar-refractivity contribution in [3.05, 3.63) is 24.3 Å². The van der Waals surface area contributed by atoms with E-state index in [1.165, 1.54) is 6.92 Å². The molecule has 0 radical (unpaired) electrons. The van der Waals surface area contributed by atoms with E-state index in [0.717, 1.165) is 4.90 Å². The minimum atomic E-state index is -1.08. The number of urea groups is 1. The SMILES string of the molecule is CCN(CC(=O)O)C(=O)Nc1cccc(NC(C)=O)c1. The molecule has 108 valence electrons. The number of nitrogens with zero attached hydrogens (tertiary/aromatic N) is 1. The Balaban J connectivity index is 2.74. The molecule has 0 aliphatic rings. The molecule has 0 heterocycles. The van der Waals surface area contributed by atoms with Gasteiger partial charge in [-0.3, -0.25) is 9.59 Å². The van der Waals surface area contributed by atoms with E-state index in [1.54, 1.807) is 31.2 Å². The number of hydrogen-bond donors (Lipinski definition) is 3. The van der Waals surface area contributed by atoms with Crippen molar-refractivity contribution in [3.8, 4) is 0 Å². The molecule has 0 unspecified atom stereocenters. The molecule has 1 rings (SSSR count). The third kappa shape index (κ3) is 4.97. The first-order valence-electron chi connectivity index (χ1n) is 6.07. The Kier molecular flexibility index (Phi) is 5.52. The van der Waals surface area contributed by atoms with Gasteiger partial charge in [-0.25, -0.2) is 4.79 Å². The zero-order chi connectivity index (χ0) is 15.1. The molecule has 20 heavy (non-hydrogen) atoms. The van der Waals surface area contributed by atoms with Gasteiger partial charge in [-0.15, -0.1) is 0 Å². The monoisotopic (exact) mass is 279 g/mol. The van der Waals surface area contributed by atoms with Gasteiger partial charge in [0.15, 0.2) is 0 Å². The average Bonchev–Trinajstić information content (AvgIpc) is 2.35. The maximum absolute atomic E-state index is 11.9. The molecule has 0 fully saturated rings. The summed E-state index contributed by atoms with van der Waals surface area (Å²) < 4.78 is 0. The van der Waals surface area contributed by atoms with Crippen molar-refractivity contribution < 1.29 is 19.5 Å². The number of aliphatic carboxylic acids is 1. The number of amides is 3. The lowest BCUT2D eigenvalue weighted by molar-refractivity contribution is -0.137. The van der Waals surface area contributed by atoms with Crippen molar-refractivity contribution in [1.29, 1.82) is 0 Å². The highest BCUT2D eigenvalue weighted by atomic mass is 16.4. The zero-order valence-electron chi connectivity index (χ0n) is 11.3. The van der Waals surface area contributed by atoms with E-state index in [2.05, 4.69) is 10.6 Å². The summed E-state index contributed by atoms with van der Waals surface area (Å²) in [7, 11) is 0. The number of benzene rings is 1. The van der Waals surface area contributed by atoms with Gasteiger partial charge in [0.05, 0.1) is 0 Å². The molecular weight excluding hydrogens is 262 g/mol. The summed E-state index contributed by atoms with van der Waals surface area (Å²) in [6.45, 7) is 2.99. The molecule has 0 aliphatic carbocycles. The number of anilines is 2. The Morgan fingerprint density at radius 1 is 1.20 bits per heavy atom. The van der Waals surface area contributed by atoms with Crippen molar-refractivity contribution in [2.24, 2.45) is 0 Å². The minimum Gasteiger partial charge on any atom is -0.480 e. The second kappa shape index (κ2) is 7.13. The highest BCUT2D eigenvalue weighted by Crippen LogP contribution is 2.15. The van der Waals surface area contributed by atoms with Crippen LogP contribution in [0.25, 0.3) is 0 Å². The summed E-state index contributed by atoms with van der Waals surface area (Å²) in [6.07, 6.45) is 0. The molecule has 0 saturated carbocycles. The summed E-state index contributed by atoms with van der Waals surface area (Å²) >= 11 is 0. The summed E-state index contributed by atoms with van der Waals surface area (Å²) in [5.41, 5.74) is 1.03. The van der Waals surface area contributed by atoms with Crippen molar-refractivity contribution in [2.75, 3.05) is 23.7 Å². The van der Waals surface area contributed by atoms with Gasteiger partial charge >= 0.3 is 12.0 Å². The largest absolute Gasteiger partial charge is 0.480 e. The Morgan fingerprint density at radius 2 is 1.80 bits per heavy atom. The van der Waals surface area contributed by atoms with Crippen LogP contribution in [0.5, 0.6) is 0 Å². The lowest BCUT2D eigenvalue weighted by Crippen LogP contribution is -2.38. The molecule has 0 atom stereocenters. The number of hydrogen-bond acceptors (Lipinski definition) is 3. The third-order valence-electron chi connectivity index (χ3n) is 2.43. The van der Waals surface area contributed by atoms with Crippen molar-refractivity contribution in [3.63, 3.8) is 0 Å². The summed E-state index contributed by atoms with van der Waals surface area (Å²) in [5, 5.41) is 13.9. The van der Waals surface area contributed by atoms with Crippen LogP contribution < -0.4 is 10.6 Å². The molecular formula is C13H17N3O4. The number of rotatable bonds is 5. The van der Waals surface area contributed by atoms with E-state index < -0.39 is 12.0 Å². The van der Waals surface area contributed by atoms with Gasteiger partial charge in [-0.1, -0.05) is 6.07 Å². The van der Waals surface area contributed by atoms with Crippen LogP contribution in [-0.2, 0) is 9.59 Å². The molecule has 3 amide bonds. The molecule has 0 aromatic heterocycles. The van der Waals surface area contributed by atoms with Gasteiger partial charge in [-0.05, 0) is 25.1 Å². The van der Waals surface area contributed by atoms with Gasteiger partial charge < -0.3 is 20.6 Å². The predicted octanol–water partition coefficient (Wildman–Crippen LogP) is 1.58. The lowest BCUT2D eigenvalue weighted by Gasteiger charge is -2.19. The number of nitrogens with one attached hydrogen (secondary N) is 2. The highest BCUT2D eigenvalue weighted by molar-refractivity contribution is 5.93. The summed E-state index contributed by atoms with van der Waals surface area (Å²) in [6, 6.07) is 6.10. The Bertz CT molecular complexity index is 516. The highest BCUT2D eigenvalue weighted by Gasteiger charge is 2.14. The van der Waals surface area contributed by atoms with E-state index in [1.807, 2.05) is 0 Å². The molecule has 0 saturated heterocycles. The van der Waals surface area contributed by atoms with Gasteiger partial charge in [-0.2, -0.15) is 0 Å². The van der Waals surface area contributed by atoms with Gasteiger partial charge in [0, 0.05) is 24.8 Å². The van der Waals surface area contributed by atoms with E-state index >= 15 is 0 Å². The Labute approximate surface area is 116 Å². The first-order chi connectivity index (χ1) is 9.42. The first kappa shape index (κ1) is 15.5. The molecule has 0 bridgehead atoms. The molecule has 1 aromatic rings. The van der Waals surface area contributed by atoms with Gasteiger partial charge in [0.25, 0.3) is 0 Å². The fourth-order valence-corrected chi connectivity index (χ4v) is 1.57. The molecule has 7 nitrogen and oxygen atoms in total. The fraction of sp³-hybridized carbons (Fsp3) is 0.308. The topological polar surface area (TPSA) is 98.7 Å². The van der Waals surface area contributed by atoms with Crippen molar-refractivity contribution >= 4 is 29.3 Å². The number of likely N-dealkylation sites (N-methyl/N-ethyl adjacent to an activating group) is 1. The van der Waals surface area contributed by atoms with Crippen LogP contribution in [0.2, 0.25) is 0 Å². The van der Waals surface area contributed by atoms with Crippen molar-refractivity contribution in [2.45, 2.75) is 13.8 Å². The second-order valence-electron chi connectivity index (χ2n) is 4.10. The molecule has 3 N–H and O–H groups in total. The van der Waals surface area contributed by atoms with Crippen LogP contribution in [-0.4, -0.2) is 41.0 Å². The maximum atomic E-state index is 11.9. The van der Waals surface area contributed by atoms with Gasteiger partial charge in [0.2, 0.25) is 5.91 Å². The fourth-order valence-electron chi connectivity index (χ4n) is 1.57. The standard InChI is InChI=1S/C13H17N3O4/c1-3-16(8-12(18)19)13(20)15-11-6-4-5-10(7-11)14-9(2)17/h4-7H,3,8H2,1-2H3,(H,14,17)(H,15,20)(H,18,19). The third-order valence-corrected chi connectivity index (χ3v) is 2.43. The number of carbonyl (C=O) groups excluding carboxylic acids is 2. The van der Waals surface area contributed by atoms with Crippen LogP contribution in [0.4, 0.5) is 16.2 Å². The molecule has 7 heteroatoms. The zero-order valence-corrected chi connectivity index (χ0v) is 11.3.